The number of nitrogens with two attached hydrogens (primary N) is 1. The highest BCUT2D eigenvalue weighted by molar-refractivity contribution is 6.58. The van der Waals surface area contributed by atoms with Crippen molar-refractivity contribution in [2.75, 3.05) is 12.8 Å². The summed E-state index contributed by atoms with van der Waals surface area (Å²) >= 11 is 0. The summed E-state index contributed by atoms with van der Waals surface area (Å²) in [6.07, 6.45) is 1.66. The zero-order valence-corrected chi connectivity index (χ0v) is 12.0. The van der Waals surface area contributed by atoms with E-state index in [4.69, 9.17) is 10.5 Å². The Labute approximate surface area is 128 Å². The number of ether oxygens (including phenoxy) is 1. The first-order valence-electron chi connectivity index (χ1n) is 6.79. The van der Waals surface area contributed by atoms with E-state index in [1.807, 2.05) is 18.2 Å². The molecule has 0 amide bonds. The van der Waals surface area contributed by atoms with Crippen LogP contribution in [0.5, 0.6) is 5.75 Å². The molecule has 1 aromatic heterocycles. The Morgan fingerprint density at radius 1 is 1.09 bits per heavy atom. The van der Waals surface area contributed by atoms with E-state index in [-0.39, 0.29) is 0 Å². The largest absolute Gasteiger partial charge is 0.496 e. The summed E-state index contributed by atoms with van der Waals surface area (Å²) in [5, 5.41) is 19.6. The van der Waals surface area contributed by atoms with E-state index in [0.717, 1.165) is 22.0 Å². The van der Waals surface area contributed by atoms with Crippen LogP contribution in [0.4, 0.5) is 5.69 Å². The van der Waals surface area contributed by atoms with Crippen LogP contribution in [0.15, 0.2) is 48.7 Å². The van der Waals surface area contributed by atoms with Gasteiger partial charge in [0.2, 0.25) is 0 Å². The van der Waals surface area contributed by atoms with E-state index in [0.29, 0.717) is 16.9 Å². The molecule has 3 aromatic rings. The average molecular weight is 294 g/mol. The van der Waals surface area contributed by atoms with Crippen LogP contribution < -0.4 is 15.9 Å². The number of pyridine rings is 1. The number of aromatic nitrogens is 1. The normalized spacial score (nSPS) is 10.7. The fraction of sp³-hybridized carbons (Fsp3) is 0.0625. The molecule has 0 aliphatic rings. The van der Waals surface area contributed by atoms with Crippen LogP contribution >= 0.6 is 0 Å². The van der Waals surface area contributed by atoms with E-state index in [1.165, 1.54) is 0 Å². The summed E-state index contributed by atoms with van der Waals surface area (Å²) in [7, 11) is 0.0458. The summed E-state index contributed by atoms with van der Waals surface area (Å²) in [5.74, 6) is 0.646. The van der Waals surface area contributed by atoms with Crippen molar-refractivity contribution < 1.29 is 14.8 Å². The van der Waals surface area contributed by atoms with Gasteiger partial charge in [-0.2, -0.15) is 0 Å². The number of nitrogen functional groups attached to an aromatic ring is 1. The standard InChI is InChI=1S/C16H15BN2O3/c1-22-16-5-3-11(17(20)21)9-13(16)10-2-4-12-14(18)6-7-19-15(12)8-10/h2-9,20-21H,1H3,(H2,18,19). The highest BCUT2D eigenvalue weighted by Crippen LogP contribution is 2.31. The van der Waals surface area contributed by atoms with E-state index >= 15 is 0 Å². The maximum atomic E-state index is 9.35. The minimum absolute atomic E-state index is 0.399. The Morgan fingerprint density at radius 3 is 2.64 bits per heavy atom. The molecule has 0 radical (unpaired) electrons. The number of hydrogen-bond donors (Lipinski definition) is 3. The molecule has 0 saturated carbocycles. The molecule has 0 atom stereocenters. The lowest BCUT2D eigenvalue weighted by molar-refractivity contribution is 0.415. The number of benzene rings is 2. The molecule has 0 spiro atoms. The molecule has 1 heterocycles. The van der Waals surface area contributed by atoms with Crippen LogP contribution in [0.3, 0.4) is 0 Å². The molecule has 0 bridgehead atoms. The molecule has 0 aliphatic heterocycles. The fourth-order valence-electron chi connectivity index (χ4n) is 2.45. The third-order valence-corrected chi connectivity index (χ3v) is 3.61. The summed E-state index contributed by atoms with van der Waals surface area (Å²) in [4.78, 5) is 4.32. The zero-order valence-electron chi connectivity index (χ0n) is 12.0. The molecule has 22 heavy (non-hydrogen) atoms. The Morgan fingerprint density at radius 2 is 1.91 bits per heavy atom. The Balaban J connectivity index is 2.19. The van der Waals surface area contributed by atoms with E-state index in [2.05, 4.69) is 4.98 Å². The Bertz CT molecular complexity index is 837. The summed E-state index contributed by atoms with van der Waals surface area (Å²) < 4.78 is 5.36. The molecule has 2 aromatic carbocycles. The van der Waals surface area contributed by atoms with Crippen molar-refractivity contribution in [3.05, 3.63) is 48.7 Å². The first kappa shape index (κ1) is 14.4. The molecule has 0 unspecified atom stereocenters. The lowest BCUT2D eigenvalue weighted by Crippen LogP contribution is -2.29. The first-order chi connectivity index (χ1) is 10.6. The summed E-state index contributed by atoms with van der Waals surface area (Å²) in [6.45, 7) is 0. The second-order valence-corrected chi connectivity index (χ2v) is 4.97. The van der Waals surface area contributed by atoms with Gasteiger partial charge >= 0.3 is 7.12 Å². The van der Waals surface area contributed by atoms with Crippen LogP contribution in [0.25, 0.3) is 22.0 Å². The molecular weight excluding hydrogens is 279 g/mol. The van der Waals surface area contributed by atoms with Gasteiger partial charge in [-0.3, -0.25) is 4.98 Å². The van der Waals surface area contributed by atoms with Crippen molar-refractivity contribution in [1.82, 2.24) is 4.98 Å². The van der Waals surface area contributed by atoms with Crippen LogP contribution in [-0.2, 0) is 0 Å². The molecule has 0 saturated heterocycles. The predicted molar refractivity (Wildman–Crippen MR) is 88.0 cm³/mol. The van der Waals surface area contributed by atoms with Gasteiger partial charge in [0.05, 0.1) is 12.6 Å². The van der Waals surface area contributed by atoms with Gasteiger partial charge in [-0.15, -0.1) is 0 Å². The highest BCUT2D eigenvalue weighted by Gasteiger charge is 2.15. The fourth-order valence-corrected chi connectivity index (χ4v) is 2.45. The molecule has 0 fully saturated rings. The predicted octanol–water partition coefficient (Wildman–Crippen LogP) is 1.17. The Kier molecular flexibility index (Phi) is 3.71. The summed E-state index contributed by atoms with van der Waals surface area (Å²) in [5.41, 5.74) is 9.40. The third kappa shape index (κ3) is 2.50. The number of rotatable bonds is 3. The summed E-state index contributed by atoms with van der Waals surface area (Å²) in [6, 6.07) is 12.5. The topological polar surface area (TPSA) is 88.6 Å². The molecule has 3 rings (SSSR count). The molecular formula is C16H15BN2O3. The number of hydrogen-bond acceptors (Lipinski definition) is 5. The monoisotopic (exact) mass is 294 g/mol. The number of fused-ring (bicyclic) bond motifs is 1. The first-order valence-corrected chi connectivity index (χ1v) is 6.79. The zero-order chi connectivity index (χ0) is 15.7. The van der Waals surface area contributed by atoms with Gasteiger partial charge in [-0.05, 0) is 29.2 Å². The van der Waals surface area contributed by atoms with Gasteiger partial charge < -0.3 is 20.5 Å². The lowest BCUT2D eigenvalue weighted by Gasteiger charge is -2.12. The van der Waals surface area contributed by atoms with Crippen molar-refractivity contribution in [3.8, 4) is 16.9 Å². The quantitative estimate of drug-likeness (QED) is 0.631. The molecule has 0 aliphatic carbocycles. The smallest absolute Gasteiger partial charge is 0.488 e. The van der Waals surface area contributed by atoms with Gasteiger partial charge in [0.1, 0.15) is 5.75 Å². The third-order valence-electron chi connectivity index (χ3n) is 3.61. The minimum atomic E-state index is -1.53. The van der Waals surface area contributed by atoms with Crippen LogP contribution in [-0.4, -0.2) is 29.3 Å². The van der Waals surface area contributed by atoms with Gasteiger partial charge in [0, 0.05) is 22.8 Å². The van der Waals surface area contributed by atoms with Crippen molar-refractivity contribution in [1.29, 1.82) is 0 Å². The second-order valence-electron chi connectivity index (χ2n) is 4.97. The van der Waals surface area contributed by atoms with Gasteiger partial charge in [0.15, 0.2) is 0 Å². The van der Waals surface area contributed by atoms with Crippen LogP contribution in [0.1, 0.15) is 0 Å². The lowest BCUT2D eigenvalue weighted by atomic mass is 9.79. The molecule has 6 heteroatoms. The molecule has 4 N–H and O–H groups in total. The maximum Gasteiger partial charge on any atom is 0.488 e. The number of anilines is 1. The van der Waals surface area contributed by atoms with Gasteiger partial charge in [0.25, 0.3) is 0 Å². The SMILES string of the molecule is COc1ccc(B(O)O)cc1-c1ccc2c(N)ccnc2c1. The van der Waals surface area contributed by atoms with E-state index < -0.39 is 7.12 Å². The Hall–Kier alpha value is -2.57. The van der Waals surface area contributed by atoms with Crippen LogP contribution in [0, 0.1) is 0 Å². The van der Waals surface area contributed by atoms with Crippen molar-refractivity contribution in [2.24, 2.45) is 0 Å². The van der Waals surface area contributed by atoms with E-state index in [9.17, 15) is 10.0 Å². The second kappa shape index (κ2) is 5.67. The highest BCUT2D eigenvalue weighted by atomic mass is 16.5. The maximum absolute atomic E-state index is 9.35. The van der Waals surface area contributed by atoms with Gasteiger partial charge in [-0.1, -0.05) is 24.3 Å². The van der Waals surface area contributed by atoms with Crippen molar-refractivity contribution in [2.45, 2.75) is 0 Å². The van der Waals surface area contributed by atoms with Crippen LogP contribution in [0.2, 0.25) is 0 Å². The number of nitrogens with zero attached hydrogens (tertiary/aromatic N) is 1. The molecule has 5 nitrogen and oxygen atoms in total. The molecule has 110 valence electrons. The van der Waals surface area contributed by atoms with Crippen molar-refractivity contribution in [3.63, 3.8) is 0 Å². The van der Waals surface area contributed by atoms with Gasteiger partial charge in [-0.25, -0.2) is 0 Å². The average Bonchev–Trinajstić information content (AvgIpc) is 2.54. The van der Waals surface area contributed by atoms with E-state index in [1.54, 1.807) is 37.6 Å². The van der Waals surface area contributed by atoms with Crippen molar-refractivity contribution >= 4 is 29.2 Å². The number of methoxy groups -OCH3 is 1. The minimum Gasteiger partial charge on any atom is -0.496 e.